The minimum absolute atomic E-state index is 0.162. The number of nitrogens with one attached hydrogen (secondary N) is 1. The number of aromatic nitrogens is 2. The van der Waals surface area contributed by atoms with Crippen LogP contribution >= 0.6 is 0 Å². The van der Waals surface area contributed by atoms with Crippen LogP contribution in [0.2, 0.25) is 0 Å². The molecular formula is C18H23N3O4. The highest BCUT2D eigenvalue weighted by atomic mass is 16.5. The molecule has 0 aliphatic heterocycles. The Morgan fingerprint density at radius 1 is 1.12 bits per heavy atom. The molecule has 1 amide bonds. The summed E-state index contributed by atoms with van der Waals surface area (Å²) < 4.78 is 11.4. The Balaban J connectivity index is 2.32. The zero-order valence-corrected chi connectivity index (χ0v) is 15.3. The van der Waals surface area contributed by atoms with Crippen molar-refractivity contribution in [3.05, 3.63) is 41.2 Å². The fourth-order valence-electron chi connectivity index (χ4n) is 2.27. The standard InChI is InChI=1S/C18H23N3O4/c1-18(2,3)15-10-14(21(4)20-15)16(22)19-12-7-11(17(23)25-6)8-13(9-12)24-5/h7-10H,1-6H3,(H,19,22). The Hall–Kier alpha value is -2.83. The summed E-state index contributed by atoms with van der Waals surface area (Å²) in [6, 6.07) is 6.47. The Morgan fingerprint density at radius 2 is 1.80 bits per heavy atom. The fraction of sp³-hybridized carbons (Fsp3) is 0.389. The lowest BCUT2D eigenvalue weighted by Gasteiger charge is -2.13. The maximum atomic E-state index is 12.6. The smallest absolute Gasteiger partial charge is 0.338 e. The molecule has 0 unspecified atom stereocenters. The quantitative estimate of drug-likeness (QED) is 0.862. The highest BCUT2D eigenvalue weighted by molar-refractivity contribution is 6.04. The molecule has 25 heavy (non-hydrogen) atoms. The van der Waals surface area contributed by atoms with Crippen molar-refractivity contribution in [1.29, 1.82) is 0 Å². The van der Waals surface area contributed by atoms with Gasteiger partial charge in [0.2, 0.25) is 0 Å². The van der Waals surface area contributed by atoms with Gasteiger partial charge >= 0.3 is 5.97 Å². The summed E-state index contributed by atoms with van der Waals surface area (Å²) in [6.45, 7) is 6.09. The molecule has 0 radical (unpaired) electrons. The highest BCUT2D eigenvalue weighted by Gasteiger charge is 2.22. The van der Waals surface area contributed by atoms with Crippen LogP contribution in [0.15, 0.2) is 24.3 Å². The molecule has 0 spiro atoms. The molecule has 0 saturated carbocycles. The fourth-order valence-corrected chi connectivity index (χ4v) is 2.27. The summed E-state index contributed by atoms with van der Waals surface area (Å²) in [7, 11) is 4.50. The molecule has 1 heterocycles. The Kier molecular flexibility index (Phi) is 5.15. The van der Waals surface area contributed by atoms with Gasteiger partial charge in [0.15, 0.2) is 0 Å². The lowest BCUT2D eigenvalue weighted by molar-refractivity contribution is 0.0600. The first-order valence-electron chi connectivity index (χ1n) is 7.79. The summed E-state index contributed by atoms with van der Waals surface area (Å²) in [5, 5.41) is 7.16. The predicted octanol–water partition coefficient (Wildman–Crippen LogP) is 2.77. The zero-order chi connectivity index (χ0) is 18.8. The number of benzene rings is 1. The number of carbonyl (C=O) groups excluding carboxylic acids is 2. The van der Waals surface area contributed by atoms with E-state index in [0.29, 0.717) is 17.1 Å². The van der Waals surface area contributed by atoms with Gasteiger partial charge in [-0.3, -0.25) is 9.48 Å². The van der Waals surface area contributed by atoms with Crippen LogP contribution in [0.1, 0.15) is 47.3 Å². The Labute approximate surface area is 146 Å². The van der Waals surface area contributed by atoms with Crippen molar-refractivity contribution < 1.29 is 19.1 Å². The summed E-state index contributed by atoms with van der Waals surface area (Å²) in [5.74, 6) is -0.391. The number of ether oxygens (including phenoxy) is 2. The molecule has 0 aliphatic rings. The van der Waals surface area contributed by atoms with E-state index in [4.69, 9.17) is 9.47 Å². The number of rotatable bonds is 4. The van der Waals surface area contributed by atoms with Crippen LogP contribution in [0, 0.1) is 0 Å². The average Bonchev–Trinajstić information content (AvgIpc) is 2.95. The molecule has 1 aromatic carbocycles. The van der Waals surface area contributed by atoms with Crippen molar-refractivity contribution in [3.63, 3.8) is 0 Å². The van der Waals surface area contributed by atoms with Gasteiger partial charge in [-0.05, 0) is 18.2 Å². The number of nitrogens with zero attached hydrogens (tertiary/aromatic N) is 2. The van der Waals surface area contributed by atoms with Gasteiger partial charge < -0.3 is 14.8 Å². The number of amides is 1. The second-order valence-electron chi connectivity index (χ2n) is 6.68. The number of hydrogen-bond acceptors (Lipinski definition) is 5. The third kappa shape index (κ3) is 4.17. The molecule has 7 nitrogen and oxygen atoms in total. The normalized spacial score (nSPS) is 11.1. The van der Waals surface area contributed by atoms with Crippen LogP contribution in [0.25, 0.3) is 0 Å². The number of hydrogen-bond donors (Lipinski definition) is 1. The maximum absolute atomic E-state index is 12.6. The van der Waals surface area contributed by atoms with E-state index in [1.165, 1.54) is 25.0 Å². The van der Waals surface area contributed by atoms with E-state index >= 15 is 0 Å². The maximum Gasteiger partial charge on any atom is 0.338 e. The van der Waals surface area contributed by atoms with Crippen LogP contribution in [0.3, 0.4) is 0 Å². The van der Waals surface area contributed by atoms with Gasteiger partial charge in [0.25, 0.3) is 5.91 Å². The van der Waals surface area contributed by atoms with Gasteiger partial charge in [-0.1, -0.05) is 20.8 Å². The molecule has 1 aromatic heterocycles. The molecule has 134 valence electrons. The highest BCUT2D eigenvalue weighted by Crippen LogP contribution is 2.24. The topological polar surface area (TPSA) is 82.5 Å². The van der Waals surface area contributed by atoms with Crippen LogP contribution < -0.4 is 10.1 Å². The van der Waals surface area contributed by atoms with Crippen LogP contribution in [-0.2, 0) is 17.2 Å². The molecule has 2 aromatic rings. The van der Waals surface area contributed by atoms with Crippen molar-refractivity contribution >= 4 is 17.6 Å². The minimum Gasteiger partial charge on any atom is -0.497 e. The van der Waals surface area contributed by atoms with Gasteiger partial charge in [0.1, 0.15) is 11.4 Å². The van der Waals surface area contributed by atoms with E-state index in [1.54, 1.807) is 25.2 Å². The monoisotopic (exact) mass is 345 g/mol. The average molecular weight is 345 g/mol. The Bertz CT molecular complexity index is 803. The van der Waals surface area contributed by atoms with Crippen molar-refractivity contribution in [1.82, 2.24) is 9.78 Å². The predicted molar refractivity (Wildman–Crippen MR) is 94.2 cm³/mol. The summed E-state index contributed by atoms with van der Waals surface area (Å²) in [6.07, 6.45) is 0. The molecule has 1 N–H and O–H groups in total. The number of methoxy groups -OCH3 is 2. The van der Waals surface area contributed by atoms with Crippen molar-refractivity contribution in [2.24, 2.45) is 7.05 Å². The Morgan fingerprint density at radius 3 is 2.32 bits per heavy atom. The van der Waals surface area contributed by atoms with Crippen LogP contribution in [0.4, 0.5) is 5.69 Å². The summed E-state index contributed by atoms with van der Waals surface area (Å²) >= 11 is 0. The lowest BCUT2D eigenvalue weighted by Crippen LogP contribution is -2.16. The lowest BCUT2D eigenvalue weighted by atomic mass is 9.92. The number of aryl methyl sites for hydroxylation is 1. The van der Waals surface area contributed by atoms with E-state index in [1.807, 2.05) is 20.8 Å². The van der Waals surface area contributed by atoms with Gasteiger partial charge in [-0.15, -0.1) is 0 Å². The van der Waals surface area contributed by atoms with Gasteiger partial charge in [-0.2, -0.15) is 5.10 Å². The van der Waals surface area contributed by atoms with Gasteiger partial charge in [-0.25, -0.2) is 4.79 Å². The van der Waals surface area contributed by atoms with Crippen LogP contribution in [0.5, 0.6) is 5.75 Å². The van der Waals surface area contributed by atoms with E-state index in [-0.39, 0.29) is 16.9 Å². The van der Waals surface area contributed by atoms with Gasteiger partial charge in [0.05, 0.1) is 25.5 Å². The molecule has 0 aliphatic carbocycles. The van der Waals surface area contributed by atoms with Crippen molar-refractivity contribution in [2.75, 3.05) is 19.5 Å². The first kappa shape index (κ1) is 18.5. The molecule has 7 heteroatoms. The largest absolute Gasteiger partial charge is 0.497 e. The van der Waals surface area contributed by atoms with Crippen molar-refractivity contribution in [2.45, 2.75) is 26.2 Å². The summed E-state index contributed by atoms with van der Waals surface area (Å²) in [4.78, 5) is 24.3. The number of esters is 1. The van der Waals surface area contributed by atoms with Gasteiger partial charge in [0, 0.05) is 24.2 Å². The number of anilines is 1. The molecule has 2 rings (SSSR count). The summed E-state index contributed by atoms with van der Waals surface area (Å²) in [5.41, 5.74) is 1.80. The third-order valence-electron chi connectivity index (χ3n) is 3.70. The van der Waals surface area contributed by atoms with E-state index in [9.17, 15) is 9.59 Å². The first-order chi connectivity index (χ1) is 11.7. The molecule has 0 fully saturated rings. The molecule has 0 bridgehead atoms. The molecule has 0 saturated heterocycles. The van der Waals surface area contributed by atoms with E-state index in [0.717, 1.165) is 5.69 Å². The van der Waals surface area contributed by atoms with E-state index < -0.39 is 5.97 Å². The van der Waals surface area contributed by atoms with Crippen molar-refractivity contribution in [3.8, 4) is 5.75 Å². The first-order valence-corrected chi connectivity index (χ1v) is 7.79. The minimum atomic E-state index is -0.509. The zero-order valence-electron chi connectivity index (χ0n) is 15.3. The third-order valence-corrected chi connectivity index (χ3v) is 3.70. The molecular weight excluding hydrogens is 322 g/mol. The van der Waals surface area contributed by atoms with Crippen LogP contribution in [-0.4, -0.2) is 35.9 Å². The SMILES string of the molecule is COC(=O)c1cc(NC(=O)c2cc(C(C)(C)C)nn2C)cc(OC)c1. The second kappa shape index (κ2) is 6.96. The van der Waals surface area contributed by atoms with E-state index in [2.05, 4.69) is 10.4 Å². The number of carbonyl (C=O) groups is 2. The second-order valence-corrected chi connectivity index (χ2v) is 6.68. The molecule has 0 atom stereocenters.